The number of carbonyl (C=O) groups excluding carboxylic acids is 1. The Morgan fingerprint density at radius 2 is 1.79 bits per heavy atom. The average molecular weight is 462 g/mol. The first-order valence-corrected chi connectivity index (χ1v) is 10.7. The van der Waals surface area contributed by atoms with Crippen LogP contribution >= 0.6 is 15.9 Å². The van der Waals surface area contributed by atoms with Gasteiger partial charge in [0.05, 0.1) is 17.3 Å². The molecule has 2 aromatic carbocycles. The highest BCUT2D eigenvalue weighted by Crippen LogP contribution is 2.33. The van der Waals surface area contributed by atoms with Gasteiger partial charge in [-0.25, -0.2) is 4.79 Å². The van der Waals surface area contributed by atoms with Crippen molar-refractivity contribution in [3.05, 3.63) is 40.4 Å². The predicted octanol–water partition coefficient (Wildman–Crippen LogP) is 5.00. The number of carbonyl (C=O) groups is 2. The molecule has 1 saturated carbocycles. The Labute approximate surface area is 179 Å². The topological polar surface area (TPSA) is 95.7 Å². The van der Waals surface area contributed by atoms with E-state index in [9.17, 15) is 14.7 Å². The quantitative estimate of drug-likeness (QED) is 0.559. The molecule has 0 saturated heterocycles. The summed E-state index contributed by atoms with van der Waals surface area (Å²) in [5.74, 6) is -0.273. The third-order valence-electron chi connectivity index (χ3n) is 5.59. The number of nitrogens with one attached hydrogen (secondary N) is 1. The largest absolute Gasteiger partial charge is 0.465 e. The van der Waals surface area contributed by atoms with Gasteiger partial charge in [0.15, 0.2) is 0 Å². The number of nitrogens with two attached hydrogens (primary N) is 1. The van der Waals surface area contributed by atoms with Crippen LogP contribution in [0.15, 0.2) is 34.8 Å². The van der Waals surface area contributed by atoms with Crippen molar-refractivity contribution in [2.24, 2.45) is 0 Å². The fraction of sp³-hybridized carbons (Fsp3) is 0.455. The van der Waals surface area contributed by atoms with Gasteiger partial charge >= 0.3 is 6.09 Å². The molecule has 6 nitrogen and oxygen atoms in total. The van der Waals surface area contributed by atoms with E-state index in [1.165, 1.54) is 4.90 Å². The van der Waals surface area contributed by atoms with Gasteiger partial charge in [-0.1, -0.05) is 53.0 Å². The minimum absolute atomic E-state index is 0.253. The van der Waals surface area contributed by atoms with Crippen LogP contribution in [0.2, 0.25) is 0 Å². The van der Waals surface area contributed by atoms with Gasteiger partial charge in [-0.2, -0.15) is 0 Å². The van der Waals surface area contributed by atoms with Gasteiger partial charge in [0.1, 0.15) is 0 Å². The van der Waals surface area contributed by atoms with E-state index in [0.29, 0.717) is 11.3 Å². The maximum absolute atomic E-state index is 13.1. The van der Waals surface area contributed by atoms with Crippen LogP contribution in [0.3, 0.4) is 0 Å². The number of rotatable bonds is 3. The molecule has 3 rings (SSSR count). The summed E-state index contributed by atoms with van der Waals surface area (Å²) >= 11 is 3.53. The summed E-state index contributed by atoms with van der Waals surface area (Å²) < 4.78 is 0.800. The third-order valence-corrected chi connectivity index (χ3v) is 6.24. The molecule has 156 valence electrons. The Kier molecular flexibility index (Phi) is 6.08. The second-order valence-corrected chi connectivity index (χ2v) is 9.47. The first kappa shape index (κ1) is 21.4. The van der Waals surface area contributed by atoms with Gasteiger partial charge in [-0.15, -0.1) is 0 Å². The van der Waals surface area contributed by atoms with E-state index in [1.807, 2.05) is 45.0 Å². The lowest BCUT2D eigenvalue weighted by atomic mass is 9.86. The lowest BCUT2D eigenvalue weighted by molar-refractivity contribution is 0.0406. The minimum Gasteiger partial charge on any atom is -0.465 e. The van der Waals surface area contributed by atoms with E-state index in [2.05, 4.69) is 21.2 Å². The molecule has 0 unspecified atom stereocenters. The molecule has 4 N–H and O–H groups in total. The number of nitrogen functional groups attached to an aromatic ring is 1. The highest BCUT2D eigenvalue weighted by atomic mass is 79.9. The lowest BCUT2D eigenvalue weighted by Crippen LogP contribution is -2.60. The molecular formula is C22H28BrN3O3. The van der Waals surface area contributed by atoms with Gasteiger partial charge in [0, 0.05) is 21.4 Å². The standard InChI is InChI=1S/C22H28BrN3O3/c1-22(2,3)26(21(28)29)18-11-7-6-10-17(18)25-20(27)15-12-16(23)13-8-4-5-9-14(13)19(15)24/h4-5,8-9,12,17-18H,6-7,10-11,24H2,1-3H3,(H,25,27)(H,28,29)/t17-,18-/m0/s1. The summed E-state index contributed by atoms with van der Waals surface area (Å²) in [5.41, 5.74) is 6.60. The van der Waals surface area contributed by atoms with E-state index in [-0.39, 0.29) is 18.0 Å². The number of anilines is 1. The van der Waals surface area contributed by atoms with Crippen LogP contribution in [-0.2, 0) is 0 Å². The number of fused-ring (bicyclic) bond motifs is 1. The highest BCUT2D eigenvalue weighted by molar-refractivity contribution is 9.10. The van der Waals surface area contributed by atoms with Gasteiger partial charge in [-0.05, 0) is 45.1 Å². The van der Waals surface area contributed by atoms with Gasteiger partial charge < -0.3 is 16.2 Å². The van der Waals surface area contributed by atoms with Crippen molar-refractivity contribution in [2.45, 2.75) is 64.1 Å². The van der Waals surface area contributed by atoms with Crippen molar-refractivity contribution in [3.8, 4) is 0 Å². The molecule has 0 radical (unpaired) electrons. The minimum atomic E-state index is -0.961. The van der Waals surface area contributed by atoms with E-state index in [0.717, 1.165) is 40.9 Å². The van der Waals surface area contributed by atoms with Crippen LogP contribution in [0.5, 0.6) is 0 Å². The van der Waals surface area contributed by atoms with Gasteiger partial charge in [-0.3, -0.25) is 9.69 Å². The Hall–Kier alpha value is -2.28. The van der Waals surface area contributed by atoms with Crippen LogP contribution < -0.4 is 11.1 Å². The van der Waals surface area contributed by atoms with Crippen LogP contribution in [0.25, 0.3) is 10.8 Å². The Morgan fingerprint density at radius 3 is 2.41 bits per heavy atom. The second-order valence-electron chi connectivity index (χ2n) is 8.62. The molecule has 1 aliphatic carbocycles. The zero-order valence-electron chi connectivity index (χ0n) is 17.0. The second kappa shape index (κ2) is 8.22. The Balaban J connectivity index is 1.92. The first-order valence-electron chi connectivity index (χ1n) is 9.91. The van der Waals surface area contributed by atoms with Crippen molar-refractivity contribution in [1.82, 2.24) is 10.2 Å². The molecule has 29 heavy (non-hydrogen) atoms. The maximum Gasteiger partial charge on any atom is 0.408 e. The number of benzene rings is 2. The van der Waals surface area contributed by atoms with Crippen molar-refractivity contribution in [3.63, 3.8) is 0 Å². The molecule has 1 fully saturated rings. The van der Waals surface area contributed by atoms with Crippen LogP contribution in [-0.4, -0.2) is 39.6 Å². The number of carboxylic acid groups (broad SMARTS) is 1. The van der Waals surface area contributed by atoms with Crippen molar-refractivity contribution in [2.75, 3.05) is 5.73 Å². The summed E-state index contributed by atoms with van der Waals surface area (Å²) in [7, 11) is 0. The molecule has 7 heteroatoms. The van der Waals surface area contributed by atoms with Crippen LogP contribution in [0, 0.1) is 0 Å². The van der Waals surface area contributed by atoms with Gasteiger partial charge in [0.2, 0.25) is 0 Å². The summed E-state index contributed by atoms with van der Waals surface area (Å²) in [4.78, 5) is 26.6. The maximum atomic E-state index is 13.1. The fourth-order valence-electron chi connectivity index (χ4n) is 4.30. The molecule has 0 aliphatic heterocycles. The number of hydrogen-bond donors (Lipinski definition) is 3. The molecule has 0 bridgehead atoms. The number of amides is 2. The summed E-state index contributed by atoms with van der Waals surface area (Å²) in [6.07, 6.45) is 2.41. The zero-order valence-corrected chi connectivity index (χ0v) is 18.6. The summed E-state index contributed by atoms with van der Waals surface area (Å²) in [6.45, 7) is 5.65. The fourth-order valence-corrected chi connectivity index (χ4v) is 4.88. The Bertz CT molecular complexity index is 939. The van der Waals surface area contributed by atoms with Crippen LogP contribution in [0.1, 0.15) is 56.8 Å². The molecule has 1 aliphatic rings. The molecule has 2 atom stereocenters. The number of hydrogen-bond acceptors (Lipinski definition) is 3. The van der Waals surface area contributed by atoms with Crippen molar-refractivity contribution < 1.29 is 14.7 Å². The predicted molar refractivity (Wildman–Crippen MR) is 119 cm³/mol. The third kappa shape index (κ3) is 4.34. The molecule has 2 aromatic rings. The smallest absolute Gasteiger partial charge is 0.408 e. The molecular weight excluding hydrogens is 434 g/mol. The summed E-state index contributed by atoms with van der Waals surface area (Å²) in [6, 6.07) is 8.86. The SMILES string of the molecule is CC(C)(C)N(C(=O)O)[C@H]1CCCC[C@@H]1NC(=O)c1cc(Br)c2ccccc2c1N. The Morgan fingerprint density at radius 1 is 1.17 bits per heavy atom. The van der Waals surface area contributed by atoms with E-state index >= 15 is 0 Å². The van der Waals surface area contributed by atoms with E-state index < -0.39 is 11.6 Å². The summed E-state index contributed by atoms with van der Waals surface area (Å²) in [5, 5.41) is 14.7. The zero-order chi connectivity index (χ0) is 21.3. The highest BCUT2D eigenvalue weighted by Gasteiger charge is 2.39. The normalized spacial score (nSPS) is 19.7. The lowest BCUT2D eigenvalue weighted by Gasteiger charge is -2.45. The van der Waals surface area contributed by atoms with Crippen LogP contribution in [0.4, 0.5) is 10.5 Å². The van der Waals surface area contributed by atoms with E-state index in [1.54, 1.807) is 6.07 Å². The molecule has 0 heterocycles. The molecule has 2 amide bonds. The first-order chi connectivity index (χ1) is 13.6. The van der Waals surface area contributed by atoms with Crippen molar-refractivity contribution in [1.29, 1.82) is 0 Å². The molecule has 0 spiro atoms. The van der Waals surface area contributed by atoms with E-state index in [4.69, 9.17) is 5.73 Å². The van der Waals surface area contributed by atoms with Crippen molar-refractivity contribution >= 4 is 44.4 Å². The number of nitrogens with zero attached hydrogens (tertiary/aromatic N) is 1. The molecule has 0 aromatic heterocycles. The monoisotopic (exact) mass is 461 g/mol. The van der Waals surface area contributed by atoms with Gasteiger partial charge in [0.25, 0.3) is 5.91 Å². The number of halogens is 1. The average Bonchev–Trinajstić information content (AvgIpc) is 2.64.